The fourth-order valence-electron chi connectivity index (χ4n) is 4.81. The van der Waals surface area contributed by atoms with Crippen molar-refractivity contribution in [1.82, 2.24) is 0 Å². The van der Waals surface area contributed by atoms with Gasteiger partial charge in [-0.3, -0.25) is 0 Å². The van der Waals surface area contributed by atoms with Crippen molar-refractivity contribution in [3.05, 3.63) is 119 Å². The Hall–Kier alpha value is -4.39. The van der Waals surface area contributed by atoms with E-state index in [4.69, 9.17) is 0 Å². The van der Waals surface area contributed by atoms with Crippen LogP contribution in [0.1, 0.15) is 44.8 Å². The summed E-state index contributed by atoms with van der Waals surface area (Å²) in [6, 6.07) is 26.5. The summed E-state index contributed by atoms with van der Waals surface area (Å²) in [4.78, 5) is 12.1. The van der Waals surface area contributed by atoms with Crippen molar-refractivity contribution in [3.8, 4) is 11.5 Å². The fourth-order valence-corrected chi connectivity index (χ4v) is 4.81. The fraction of sp³-hybridized carbons (Fsp3) is 0.0690. The lowest BCUT2D eigenvalue weighted by atomic mass is 9.79. The summed E-state index contributed by atoms with van der Waals surface area (Å²) in [6.45, 7) is 0. The van der Waals surface area contributed by atoms with E-state index >= 15 is 0 Å². The summed E-state index contributed by atoms with van der Waals surface area (Å²) in [5.41, 5.74) is 1.82. The number of benzene rings is 5. The third kappa shape index (κ3) is 3.75. The molecule has 5 N–H and O–H groups in total. The molecule has 0 fully saturated rings. The number of carboxylic acids is 1. The molecule has 0 saturated carbocycles. The number of rotatable bonds is 5. The van der Waals surface area contributed by atoms with Crippen molar-refractivity contribution < 1.29 is 30.3 Å². The second-order valence-electron chi connectivity index (χ2n) is 8.38. The molecule has 5 aromatic rings. The van der Waals surface area contributed by atoms with Crippen LogP contribution in [-0.4, -0.2) is 31.5 Å². The van der Waals surface area contributed by atoms with Gasteiger partial charge < -0.3 is 25.5 Å². The molecule has 6 nitrogen and oxygen atoms in total. The number of aromatic hydroxyl groups is 2. The number of fused-ring (bicyclic) bond motifs is 2. The molecule has 5 rings (SSSR count). The summed E-state index contributed by atoms with van der Waals surface area (Å²) in [6.07, 6.45) is -1.92. The molecule has 0 amide bonds. The molecule has 1 unspecified atom stereocenters. The Morgan fingerprint density at radius 1 is 0.600 bits per heavy atom. The van der Waals surface area contributed by atoms with Gasteiger partial charge in [-0.25, -0.2) is 4.79 Å². The molecule has 6 heteroatoms. The summed E-state index contributed by atoms with van der Waals surface area (Å²) < 4.78 is 0. The van der Waals surface area contributed by atoms with Crippen LogP contribution in [0.15, 0.2) is 91.0 Å². The first-order valence-corrected chi connectivity index (χ1v) is 11.0. The van der Waals surface area contributed by atoms with E-state index < -0.39 is 18.2 Å². The Kier molecular flexibility index (Phi) is 5.61. The number of hydrogen-bond acceptors (Lipinski definition) is 5. The number of carbonyl (C=O) groups is 1. The van der Waals surface area contributed by atoms with E-state index in [1.54, 1.807) is 30.3 Å². The van der Waals surface area contributed by atoms with Gasteiger partial charge in [-0.1, -0.05) is 78.9 Å². The molecule has 0 spiro atoms. The number of carboxylic acid groups (broad SMARTS) is 1. The minimum atomic E-state index is -1.92. The number of aromatic carboxylic acids is 1. The molecule has 5 aromatic carbocycles. The number of aliphatic hydroxyl groups is 2. The maximum absolute atomic E-state index is 12.1. The van der Waals surface area contributed by atoms with Crippen LogP contribution in [0.2, 0.25) is 0 Å². The maximum atomic E-state index is 12.1. The van der Waals surface area contributed by atoms with Crippen molar-refractivity contribution in [2.75, 3.05) is 0 Å². The zero-order valence-corrected chi connectivity index (χ0v) is 18.5. The first-order chi connectivity index (χ1) is 16.9. The molecule has 174 valence electrons. The van der Waals surface area contributed by atoms with E-state index in [1.165, 1.54) is 6.07 Å². The zero-order chi connectivity index (χ0) is 24.7. The summed E-state index contributed by atoms with van der Waals surface area (Å²) in [5, 5.41) is 53.5. The van der Waals surface area contributed by atoms with Crippen LogP contribution in [-0.2, 0) is 0 Å². The third-order valence-corrected chi connectivity index (χ3v) is 6.39. The van der Waals surface area contributed by atoms with Crippen molar-refractivity contribution in [2.45, 2.75) is 12.2 Å². The van der Waals surface area contributed by atoms with Crippen molar-refractivity contribution in [3.63, 3.8) is 0 Å². The lowest BCUT2D eigenvalue weighted by Crippen LogP contribution is -2.09. The van der Waals surface area contributed by atoms with E-state index in [0.29, 0.717) is 32.7 Å². The second kappa shape index (κ2) is 8.76. The van der Waals surface area contributed by atoms with Gasteiger partial charge in [-0.15, -0.1) is 0 Å². The highest BCUT2D eigenvalue weighted by molar-refractivity contribution is 6.03. The van der Waals surface area contributed by atoms with Crippen molar-refractivity contribution >= 4 is 27.5 Å². The summed E-state index contributed by atoms with van der Waals surface area (Å²) >= 11 is 0. The first-order valence-electron chi connectivity index (χ1n) is 11.0. The highest BCUT2D eigenvalue weighted by Gasteiger charge is 2.27. The average molecular weight is 466 g/mol. The Balaban J connectivity index is 1.95. The van der Waals surface area contributed by atoms with Crippen LogP contribution in [0, 0.1) is 0 Å². The van der Waals surface area contributed by atoms with E-state index in [0.717, 1.165) is 5.56 Å². The Labute approximate surface area is 200 Å². The molecule has 1 atom stereocenters. The minimum Gasteiger partial charge on any atom is -0.507 e. The molecule has 0 heterocycles. The van der Waals surface area contributed by atoms with Crippen LogP contribution in [0.3, 0.4) is 0 Å². The van der Waals surface area contributed by atoms with Crippen LogP contribution in [0.4, 0.5) is 0 Å². The van der Waals surface area contributed by atoms with Gasteiger partial charge in [0.2, 0.25) is 0 Å². The standard InChI is InChI=1S/C29H22O6/c30-26-19-12-6-4-10-17(19)21(14-23(26)28(32)33)25(16-8-2-1-3-9-16)22-15-24(29(34)35)27(31)20-13-7-5-11-18(20)22/h1-15,25,28,30-33H,(H,34,35). The normalized spacial score (nSPS) is 12.3. The summed E-state index contributed by atoms with van der Waals surface area (Å²) in [5.74, 6) is -2.36. The lowest BCUT2D eigenvalue weighted by molar-refractivity contribution is -0.0437. The smallest absolute Gasteiger partial charge is 0.339 e. The van der Waals surface area contributed by atoms with Crippen LogP contribution in [0.5, 0.6) is 11.5 Å². The lowest BCUT2D eigenvalue weighted by Gasteiger charge is -2.25. The molecular formula is C29H22O6. The Morgan fingerprint density at radius 3 is 1.63 bits per heavy atom. The van der Waals surface area contributed by atoms with E-state index in [2.05, 4.69) is 0 Å². The topological polar surface area (TPSA) is 118 Å². The van der Waals surface area contributed by atoms with Gasteiger partial charge in [-0.05, 0) is 39.6 Å². The van der Waals surface area contributed by atoms with E-state index in [-0.39, 0.29) is 22.6 Å². The van der Waals surface area contributed by atoms with Gasteiger partial charge in [-0.2, -0.15) is 0 Å². The third-order valence-electron chi connectivity index (χ3n) is 6.39. The number of hydrogen-bond donors (Lipinski definition) is 5. The summed E-state index contributed by atoms with van der Waals surface area (Å²) in [7, 11) is 0. The van der Waals surface area contributed by atoms with Gasteiger partial charge in [0.05, 0.1) is 5.56 Å². The predicted molar refractivity (Wildman–Crippen MR) is 133 cm³/mol. The predicted octanol–water partition coefficient (Wildman–Crippen LogP) is 5.27. The SMILES string of the molecule is O=C(O)c1cc(C(c2ccccc2)c2cc(C(O)O)c(O)c3ccccc23)c2ccccc2c1O. The van der Waals surface area contributed by atoms with E-state index in [9.17, 15) is 30.3 Å². The van der Waals surface area contributed by atoms with Gasteiger partial charge in [0.1, 0.15) is 17.1 Å². The highest BCUT2D eigenvalue weighted by atomic mass is 16.5. The number of aliphatic hydroxyl groups excluding tert-OH is 1. The maximum Gasteiger partial charge on any atom is 0.339 e. The highest BCUT2D eigenvalue weighted by Crippen LogP contribution is 2.45. The largest absolute Gasteiger partial charge is 0.507 e. The molecule has 0 bridgehead atoms. The molecule has 0 aliphatic rings. The van der Waals surface area contributed by atoms with Gasteiger partial charge in [0.25, 0.3) is 0 Å². The second-order valence-corrected chi connectivity index (χ2v) is 8.38. The monoisotopic (exact) mass is 466 g/mol. The van der Waals surface area contributed by atoms with Gasteiger partial charge in [0.15, 0.2) is 6.29 Å². The first kappa shape index (κ1) is 22.4. The zero-order valence-electron chi connectivity index (χ0n) is 18.5. The Morgan fingerprint density at radius 2 is 1.09 bits per heavy atom. The number of phenolic OH excluding ortho intramolecular Hbond substituents is 1. The molecule has 0 aliphatic heterocycles. The van der Waals surface area contributed by atoms with Crippen molar-refractivity contribution in [1.29, 1.82) is 0 Å². The molecule has 35 heavy (non-hydrogen) atoms. The van der Waals surface area contributed by atoms with Gasteiger partial charge in [0, 0.05) is 16.7 Å². The Bertz CT molecular complexity index is 1570. The van der Waals surface area contributed by atoms with Crippen molar-refractivity contribution in [2.24, 2.45) is 0 Å². The van der Waals surface area contributed by atoms with Gasteiger partial charge >= 0.3 is 5.97 Å². The minimum absolute atomic E-state index is 0.0545. The molecule has 0 aromatic heterocycles. The molecule has 0 saturated heterocycles. The average Bonchev–Trinajstić information content (AvgIpc) is 2.87. The molecule has 0 aliphatic carbocycles. The molecule has 0 radical (unpaired) electrons. The van der Waals surface area contributed by atoms with Crippen LogP contribution >= 0.6 is 0 Å². The molecular weight excluding hydrogens is 444 g/mol. The van der Waals surface area contributed by atoms with E-state index in [1.807, 2.05) is 54.6 Å². The number of phenols is 2. The quantitative estimate of drug-likeness (QED) is 0.178. The van der Waals surface area contributed by atoms with Crippen LogP contribution in [0.25, 0.3) is 21.5 Å². The van der Waals surface area contributed by atoms with Crippen LogP contribution < -0.4 is 0 Å².